The van der Waals surface area contributed by atoms with E-state index in [1.807, 2.05) is 0 Å². The fourth-order valence-electron chi connectivity index (χ4n) is 2.57. The zero-order chi connectivity index (χ0) is 21.7. The van der Waals surface area contributed by atoms with Crippen molar-refractivity contribution in [1.82, 2.24) is 10.4 Å². The topological polar surface area (TPSA) is 90.2 Å². The van der Waals surface area contributed by atoms with Crippen molar-refractivity contribution in [1.29, 1.82) is 0 Å². The molecule has 0 saturated carbocycles. The molecule has 2 heterocycles. The molecule has 1 aliphatic heterocycles. The van der Waals surface area contributed by atoms with Gasteiger partial charge in [0.15, 0.2) is 15.8 Å². The molecule has 2 aromatic rings. The number of rotatable bonds is 7. The highest BCUT2D eigenvalue weighted by molar-refractivity contribution is 8.26. The van der Waals surface area contributed by atoms with Gasteiger partial charge in [-0.15, -0.1) is 0 Å². The summed E-state index contributed by atoms with van der Waals surface area (Å²) in [5.74, 6) is 0.643. The molecule has 3 rings (SSSR count). The van der Waals surface area contributed by atoms with E-state index < -0.39 is 11.8 Å². The summed E-state index contributed by atoms with van der Waals surface area (Å²) < 4.78 is 21.2. The smallest absolute Gasteiger partial charge is 0.285 e. The number of nitrogens with one attached hydrogen (secondary N) is 1. The van der Waals surface area contributed by atoms with E-state index in [0.717, 1.165) is 16.8 Å². The number of thiocarbonyl (C=S) groups is 1. The lowest BCUT2D eigenvalue weighted by atomic mass is 10.1. The molecular weight excluding hydrogens is 428 g/mol. The summed E-state index contributed by atoms with van der Waals surface area (Å²) in [4.78, 5) is 25.7. The Balaban J connectivity index is 1.76. The second kappa shape index (κ2) is 9.51. The molecule has 1 N–H and O–H groups in total. The molecule has 0 radical (unpaired) electrons. The maximum Gasteiger partial charge on any atom is 0.285 e. The Hall–Kier alpha value is -3.24. The Kier molecular flexibility index (Phi) is 6.80. The van der Waals surface area contributed by atoms with Gasteiger partial charge in [0, 0.05) is 5.56 Å². The number of benzene rings is 1. The van der Waals surface area contributed by atoms with Crippen molar-refractivity contribution in [2.24, 2.45) is 0 Å². The van der Waals surface area contributed by atoms with E-state index in [9.17, 15) is 9.59 Å². The number of carbonyl (C=O) groups excluding carboxylic acids is 2. The molecule has 0 bridgehead atoms. The maximum absolute atomic E-state index is 12.7. The fourth-order valence-corrected chi connectivity index (χ4v) is 3.70. The minimum absolute atomic E-state index is 0.207. The molecule has 1 aromatic heterocycles. The van der Waals surface area contributed by atoms with Crippen molar-refractivity contribution < 1.29 is 28.2 Å². The number of furan rings is 1. The van der Waals surface area contributed by atoms with Crippen LogP contribution in [0.2, 0.25) is 0 Å². The molecule has 0 spiro atoms. The largest absolute Gasteiger partial charge is 0.493 e. The quantitative estimate of drug-likeness (QED) is 0.511. The predicted octanol–water partition coefficient (Wildman–Crippen LogP) is 3.41. The van der Waals surface area contributed by atoms with Gasteiger partial charge >= 0.3 is 0 Å². The van der Waals surface area contributed by atoms with Gasteiger partial charge in [-0.1, -0.05) is 17.8 Å². The molecule has 10 heteroatoms. The number of ether oxygens (including phenoxy) is 3. The summed E-state index contributed by atoms with van der Waals surface area (Å²) in [6.07, 6.45) is 6.54. The maximum atomic E-state index is 12.7. The number of allylic oxidation sites excluding steroid dienone is 2. The molecule has 2 amide bonds. The van der Waals surface area contributed by atoms with Gasteiger partial charge < -0.3 is 18.6 Å². The van der Waals surface area contributed by atoms with Crippen molar-refractivity contribution in [2.75, 3.05) is 21.3 Å². The second-order valence-corrected chi connectivity index (χ2v) is 7.44. The Bertz CT molecular complexity index is 1000. The number of hydrazine groups is 1. The first-order valence-electron chi connectivity index (χ1n) is 8.57. The van der Waals surface area contributed by atoms with Crippen LogP contribution in [0.15, 0.2) is 52.0 Å². The van der Waals surface area contributed by atoms with Crippen LogP contribution < -0.4 is 19.6 Å². The first-order chi connectivity index (χ1) is 14.5. The summed E-state index contributed by atoms with van der Waals surface area (Å²) in [7, 11) is 4.36. The zero-order valence-corrected chi connectivity index (χ0v) is 18.0. The number of amides is 2. The minimum Gasteiger partial charge on any atom is -0.493 e. The first-order valence-corrected chi connectivity index (χ1v) is 9.80. The highest BCUT2D eigenvalue weighted by Gasteiger charge is 2.33. The number of methoxy groups -OCH3 is 3. The second-order valence-electron chi connectivity index (χ2n) is 5.77. The standard InChI is InChI=1S/C20H18N2O6S2/c1-25-14-10-12(11-15(26-2)17(14)27-3)18(23)21-22-19(24)16(30-20(22)29)8-4-6-13-7-5-9-28-13/h4-11H,1-3H3,(H,21,23)/b6-4+,16-8+. The summed E-state index contributed by atoms with van der Waals surface area (Å²) in [6.45, 7) is 0. The third-order valence-corrected chi connectivity index (χ3v) is 5.31. The molecule has 1 aliphatic rings. The van der Waals surface area contributed by atoms with Gasteiger partial charge in [0.1, 0.15) is 5.76 Å². The molecule has 156 valence electrons. The van der Waals surface area contributed by atoms with Gasteiger partial charge in [0.05, 0.1) is 32.5 Å². The van der Waals surface area contributed by atoms with E-state index in [4.69, 9.17) is 30.8 Å². The Morgan fingerprint density at radius 2 is 1.90 bits per heavy atom. The van der Waals surface area contributed by atoms with Crippen LogP contribution >= 0.6 is 24.0 Å². The van der Waals surface area contributed by atoms with Gasteiger partial charge in [-0.3, -0.25) is 15.0 Å². The molecule has 8 nitrogen and oxygen atoms in total. The lowest BCUT2D eigenvalue weighted by molar-refractivity contribution is -0.123. The molecule has 1 fully saturated rings. The molecule has 30 heavy (non-hydrogen) atoms. The number of nitrogens with zero attached hydrogens (tertiary/aromatic N) is 1. The zero-order valence-electron chi connectivity index (χ0n) is 16.3. The third-order valence-electron chi connectivity index (χ3n) is 3.99. The monoisotopic (exact) mass is 446 g/mol. The van der Waals surface area contributed by atoms with E-state index in [0.29, 0.717) is 27.9 Å². The van der Waals surface area contributed by atoms with E-state index in [1.165, 1.54) is 33.5 Å². The Morgan fingerprint density at radius 1 is 1.20 bits per heavy atom. The Labute approximate surface area is 182 Å². The van der Waals surface area contributed by atoms with Crippen LogP contribution in [0.5, 0.6) is 17.2 Å². The fraction of sp³-hybridized carbons (Fsp3) is 0.150. The summed E-state index contributed by atoms with van der Waals surface area (Å²) in [6, 6.07) is 6.51. The molecule has 0 atom stereocenters. The van der Waals surface area contributed by atoms with Crippen molar-refractivity contribution in [3.63, 3.8) is 0 Å². The average molecular weight is 447 g/mol. The van der Waals surface area contributed by atoms with Gasteiger partial charge in [-0.05, 0) is 48.6 Å². The van der Waals surface area contributed by atoms with E-state index in [-0.39, 0.29) is 9.88 Å². The lowest BCUT2D eigenvalue weighted by Gasteiger charge is -2.17. The van der Waals surface area contributed by atoms with Gasteiger partial charge in [0.25, 0.3) is 11.8 Å². The van der Waals surface area contributed by atoms with Crippen LogP contribution in [0, 0.1) is 0 Å². The van der Waals surface area contributed by atoms with Crippen molar-refractivity contribution in [3.05, 3.63) is 58.9 Å². The highest BCUT2D eigenvalue weighted by atomic mass is 32.2. The van der Waals surface area contributed by atoms with Crippen molar-refractivity contribution >= 4 is 46.2 Å². The number of hydrogen-bond acceptors (Lipinski definition) is 8. The summed E-state index contributed by atoms with van der Waals surface area (Å²) >= 11 is 6.31. The van der Waals surface area contributed by atoms with Crippen LogP contribution in [-0.4, -0.2) is 42.5 Å². The van der Waals surface area contributed by atoms with Gasteiger partial charge in [-0.25, -0.2) is 0 Å². The third kappa shape index (κ3) is 4.50. The molecule has 0 aliphatic carbocycles. The SMILES string of the molecule is COc1cc(C(=O)NN2C(=O)/C(=C\C=C\c3ccco3)SC2=S)cc(OC)c1OC. The number of thioether (sulfide) groups is 1. The van der Waals surface area contributed by atoms with Crippen LogP contribution in [0.1, 0.15) is 16.1 Å². The number of hydrogen-bond donors (Lipinski definition) is 1. The summed E-state index contributed by atoms with van der Waals surface area (Å²) in [5, 5.41) is 1.03. The molecule has 0 unspecified atom stereocenters. The van der Waals surface area contributed by atoms with Crippen LogP contribution in [-0.2, 0) is 4.79 Å². The van der Waals surface area contributed by atoms with Crippen molar-refractivity contribution in [2.45, 2.75) is 0 Å². The first kappa shape index (κ1) is 21.5. The predicted molar refractivity (Wildman–Crippen MR) is 116 cm³/mol. The molecule has 1 saturated heterocycles. The number of carbonyl (C=O) groups is 2. The van der Waals surface area contributed by atoms with Crippen LogP contribution in [0.3, 0.4) is 0 Å². The van der Waals surface area contributed by atoms with Crippen LogP contribution in [0.25, 0.3) is 6.08 Å². The summed E-state index contributed by atoms with van der Waals surface area (Å²) in [5.41, 5.74) is 2.72. The minimum atomic E-state index is -0.557. The normalized spacial score (nSPS) is 15.2. The molecular formula is C20H18N2O6S2. The Morgan fingerprint density at radius 3 is 2.47 bits per heavy atom. The van der Waals surface area contributed by atoms with Gasteiger partial charge in [-0.2, -0.15) is 5.01 Å². The van der Waals surface area contributed by atoms with E-state index >= 15 is 0 Å². The molecule has 1 aromatic carbocycles. The van der Waals surface area contributed by atoms with E-state index in [2.05, 4.69) is 5.43 Å². The van der Waals surface area contributed by atoms with Crippen molar-refractivity contribution in [3.8, 4) is 17.2 Å². The average Bonchev–Trinajstić information content (AvgIpc) is 3.36. The van der Waals surface area contributed by atoms with Crippen LogP contribution in [0.4, 0.5) is 0 Å². The van der Waals surface area contributed by atoms with E-state index in [1.54, 1.807) is 36.6 Å². The lowest BCUT2D eigenvalue weighted by Crippen LogP contribution is -2.44. The van der Waals surface area contributed by atoms with Gasteiger partial charge in [0.2, 0.25) is 5.75 Å². The highest BCUT2D eigenvalue weighted by Crippen LogP contribution is 2.38.